The molecule has 0 unspecified atom stereocenters. The van der Waals surface area contributed by atoms with E-state index in [1.165, 1.54) is 6.20 Å². The SMILES string of the molecule is C=C(/C=C\C=C/N[O-])OCCOc1cc(N(CCC)CCC)cc(N)n1. The summed E-state index contributed by atoms with van der Waals surface area (Å²) in [4.78, 5) is 6.49. The van der Waals surface area contributed by atoms with Gasteiger partial charge in [-0.15, -0.1) is 0 Å². The Morgan fingerprint density at radius 2 is 2.00 bits per heavy atom. The Morgan fingerprint density at radius 3 is 2.65 bits per heavy atom. The lowest BCUT2D eigenvalue weighted by atomic mass is 10.3. The summed E-state index contributed by atoms with van der Waals surface area (Å²) < 4.78 is 11.1. The molecule has 0 amide bonds. The van der Waals surface area contributed by atoms with Crippen molar-refractivity contribution in [3.63, 3.8) is 0 Å². The van der Waals surface area contributed by atoms with E-state index in [4.69, 9.17) is 15.2 Å². The summed E-state index contributed by atoms with van der Waals surface area (Å²) in [5.74, 6) is 1.38. The molecule has 0 aliphatic heterocycles. The normalized spacial score (nSPS) is 11.0. The first-order valence-electron chi connectivity index (χ1n) is 8.78. The summed E-state index contributed by atoms with van der Waals surface area (Å²) in [6.07, 6.45) is 8.22. The zero-order valence-electron chi connectivity index (χ0n) is 15.6. The van der Waals surface area contributed by atoms with Gasteiger partial charge in [-0.05, 0) is 31.2 Å². The van der Waals surface area contributed by atoms with Crippen molar-refractivity contribution in [1.82, 2.24) is 10.5 Å². The summed E-state index contributed by atoms with van der Waals surface area (Å²) in [6.45, 7) is 10.6. The minimum Gasteiger partial charge on any atom is -0.761 e. The number of nitrogens with zero attached hydrogens (tertiary/aromatic N) is 2. The molecule has 7 nitrogen and oxygen atoms in total. The van der Waals surface area contributed by atoms with E-state index in [1.807, 2.05) is 12.1 Å². The van der Waals surface area contributed by atoms with Crippen LogP contribution in [0, 0.1) is 5.21 Å². The summed E-state index contributed by atoms with van der Waals surface area (Å²) in [5.41, 5.74) is 8.58. The van der Waals surface area contributed by atoms with E-state index >= 15 is 0 Å². The van der Waals surface area contributed by atoms with E-state index < -0.39 is 0 Å². The van der Waals surface area contributed by atoms with Crippen LogP contribution in [0.2, 0.25) is 0 Å². The van der Waals surface area contributed by atoms with Crippen molar-refractivity contribution in [1.29, 1.82) is 0 Å². The van der Waals surface area contributed by atoms with E-state index in [-0.39, 0.29) is 0 Å². The van der Waals surface area contributed by atoms with Crippen LogP contribution < -0.4 is 20.9 Å². The van der Waals surface area contributed by atoms with E-state index in [2.05, 4.69) is 30.3 Å². The first kappa shape index (κ1) is 21.4. The van der Waals surface area contributed by atoms with Gasteiger partial charge in [-0.1, -0.05) is 26.5 Å². The Balaban J connectivity index is 2.53. The molecule has 144 valence electrons. The molecule has 1 rings (SSSR count). The van der Waals surface area contributed by atoms with Crippen molar-refractivity contribution in [3.05, 3.63) is 54.1 Å². The monoisotopic (exact) mass is 361 g/mol. The molecule has 0 atom stereocenters. The predicted molar refractivity (Wildman–Crippen MR) is 107 cm³/mol. The van der Waals surface area contributed by atoms with Crippen LogP contribution in [0.3, 0.4) is 0 Å². The first-order chi connectivity index (χ1) is 12.6. The van der Waals surface area contributed by atoms with Gasteiger partial charge in [0.1, 0.15) is 24.8 Å². The van der Waals surface area contributed by atoms with Gasteiger partial charge in [-0.25, -0.2) is 0 Å². The minimum atomic E-state index is 0.322. The van der Waals surface area contributed by atoms with Crippen LogP contribution >= 0.6 is 0 Å². The molecule has 0 bridgehead atoms. The van der Waals surface area contributed by atoms with Gasteiger partial charge >= 0.3 is 0 Å². The van der Waals surface area contributed by atoms with Crippen LogP contribution in [-0.4, -0.2) is 31.3 Å². The lowest BCUT2D eigenvalue weighted by Gasteiger charge is -2.24. The number of hydrogen-bond acceptors (Lipinski definition) is 7. The minimum absolute atomic E-state index is 0.322. The van der Waals surface area contributed by atoms with Crippen LogP contribution in [0.4, 0.5) is 11.5 Å². The van der Waals surface area contributed by atoms with Gasteiger partial charge in [-0.3, -0.25) is 0 Å². The molecule has 0 aliphatic rings. The van der Waals surface area contributed by atoms with Crippen molar-refractivity contribution >= 4 is 11.5 Å². The van der Waals surface area contributed by atoms with Gasteiger partial charge in [0.2, 0.25) is 5.88 Å². The quantitative estimate of drug-likeness (QED) is 0.241. The number of allylic oxidation sites excluding steroid dienone is 3. The molecule has 1 heterocycles. The van der Waals surface area contributed by atoms with Gasteiger partial charge in [-0.2, -0.15) is 4.98 Å². The first-order valence-corrected chi connectivity index (χ1v) is 8.78. The van der Waals surface area contributed by atoms with E-state index in [9.17, 15) is 5.21 Å². The zero-order chi connectivity index (χ0) is 19.2. The Kier molecular flexibility index (Phi) is 10.4. The Hall–Kier alpha value is -2.67. The number of rotatable bonds is 13. The highest BCUT2D eigenvalue weighted by atomic mass is 16.5. The molecule has 0 aromatic carbocycles. The fourth-order valence-corrected chi connectivity index (χ4v) is 2.30. The topological polar surface area (TPSA) is 95.7 Å². The highest BCUT2D eigenvalue weighted by molar-refractivity contribution is 5.55. The van der Waals surface area contributed by atoms with Crippen LogP contribution in [0.1, 0.15) is 26.7 Å². The number of hydroxylamine groups is 1. The molecule has 0 radical (unpaired) electrons. The molecule has 0 spiro atoms. The largest absolute Gasteiger partial charge is 0.761 e. The summed E-state index contributed by atoms with van der Waals surface area (Å²) in [7, 11) is 0. The number of pyridine rings is 1. The lowest BCUT2D eigenvalue weighted by Crippen LogP contribution is -2.25. The number of ether oxygens (including phenoxy) is 2. The number of hydrogen-bond donors (Lipinski definition) is 2. The lowest BCUT2D eigenvalue weighted by molar-refractivity contribution is 0.162. The molecule has 1 aromatic rings. The van der Waals surface area contributed by atoms with Crippen molar-refractivity contribution in [3.8, 4) is 5.88 Å². The third-order valence-corrected chi connectivity index (χ3v) is 3.34. The second-order valence-electron chi connectivity index (χ2n) is 5.57. The molecule has 1 aromatic heterocycles. The molecule has 26 heavy (non-hydrogen) atoms. The third-order valence-electron chi connectivity index (χ3n) is 3.34. The number of aromatic nitrogens is 1. The fraction of sp³-hybridized carbons (Fsp3) is 0.421. The van der Waals surface area contributed by atoms with Crippen molar-refractivity contribution in [2.45, 2.75) is 26.7 Å². The maximum Gasteiger partial charge on any atom is 0.217 e. The van der Waals surface area contributed by atoms with Crippen molar-refractivity contribution in [2.75, 3.05) is 36.9 Å². The molecule has 3 N–H and O–H groups in total. The van der Waals surface area contributed by atoms with Crippen molar-refractivity contribution in [2.24, 2.45) is 0 Å². The van der Waals surface area contributed by atoms with Gasteiger partial charge < -0.3 is 30.8 Å². The molecular formula is C19H29N4O3-. The second-order valence-corrected chi connectivity index (χ2v) is 5.57. The molecule has 0 aliphatic carbocycles. The summed E-state index contributed by atoms with van der Waals surface area (Å²) in [5, 5.41) is 10.0. The maximum absolute atomic E-state index is 10.0. The number of anilines is 2. The van der Waals surface area contributed by atoms with Crippen LogP contribution in [0.5, 0.6) is 5.88 Å². The van der Waals surface area contributed by atoms with Crippen LogP contribution in [-0.2, 0) is 4.74 Å². The Bertz CT molecular complexity index is 596. The van der Waals surface area contributed by atoms with E-state index in [1.54, 1.807) is 23.7 Å². The number of nitrogen functional groups attached to an aromatic ring is 1. The smallest absolute Gasteiger partial charge is 0.217 e. The van der Waals surface area contributed by atoms with Gasteiger partial charge in [0.25, 0.3) is 0 Å². The van der Waals surface area contributed by atoms with Crippen molar-refractivity contribution < 1.29 is 9.47 Å². The predicted octanol–water partition coefficient (Wildman–Crippen LogP) is 3.36. The van der Waals surface area contributed by atoms with Crippen LogP contribution in [0.15, 0.2) is 48.9 Å². The van der Waals surface area contributed by atoms with Gasteiger partial charge in [0.15, 0.2) is 0 Å². The van der Waals surface area contributed by atoms with Crippen LogP contribution in [0.25, 0.3) is 0 Å². The van der Waals surface area contributed by atoms with Gasteiger partial charge in [0, 0.05) is 30.9 Å². The zero-order valence-corrected chi connectivity index (χ0v) is 15.6. The maximum atomic E-state index is 10.0. The summed E-state index contributed by atoms with van der Waals surface area (Å²) >= 11 is 0. The third kappa shape index (κ3) is 8.43. The molecule has 0 fully saturated rings. The fourth-order valence-electron chi connectivity index (χ4n) is 2.30. The molecule has 0 saturated carbocycles. The average Bonchev–Trinajstić information content (AvgIpc) is 2.62. The summed E-state index contributed by atoms with van der Waals surface area (Å²) in [6, 6.07) is 3.77. The Labute approximate surface area is 155 Å². The molecule has 7 heteroatoms. The van der Waals surface area contributed by atoms with E-state index in [0.29, 0.717) is 30.7 Å². The highest BCUT2D eigenvalue weighted by Crippen LogP contribution is 2.23. The molecule has 0 saturated heterocycles. The van der Waals surface area contributed by atoms with Gasteiger partial charge in [0.05, 0.1) is 0 Å². The Morgan fingerprint density at radius 1 is 1.27 bits per heavy atom. The average molecular weight is 361 g/mol. The highest BCUT2D eigenvalue weighted by Gasteiger charge is 2.09. The number of nitrogens with two attached hydrogens (primary N) is 1. The van der Waals surface area contributed by atoms with E-state index in [0.717, 1.165) is 31.6 Å². The number of nitrogens with one attached hydrogen (secondary N) is 1. The molecular weight excluding hydrogens is 332 g/mol. The standard InChI is InChI=1S/C19H29N4O3/c1-4-10-23(11-5-2)17-14-18(20)22-19(15-17)26-13-12-25-16(3)8-6-7-9-21-24/h6-9,14-15,21H,3-5,10-13H2,1-2H3,(H2,20,22)/q-1/b8-6-,9-7-. The second kappa shape index (κ2) is 12.7.